The lowest BCUT2D eigenvalue weighted by Crippen LogP contribution is -2.60. The maximum Gasteiger partial charge on any atom is 0.305 e. The molecule has 0 saturated carbocycles. The van der Waals surface area contributed by atoms with Crippen molar-refractivity contribution in [1.29, 1.82) is 0 Å². The number of ether oxygens (including phenoxy) is 3. The average molecular weight is 1160 g/mol. The summed E-state index contributed by atoms with van der Waals surface area (Å²) in [4.78, 5) is 25.0. The summed E-state index contributed by atoms with van der Waals surface area (Å²) in [7, 11) is 0. The zero-order chi connectivity index (χ0) is 59.5. The van der Waals surface area contributed by atoms with Crippen molar-refractivity contribution in [2.45, 2.75) is 371 Å². The molecule has 0 aliphatic carbocycles. The normalized spacial score (nSPS) is 18.5. The van der Waals surface area contributed by atoms with E-state index < -0.39 is 49.5 Å². The van der Waals surface area contributed by atoms with Gasteiger partial charge in [-0.1, -0.05) is 268 Å². The highest BCUT2D eigenvalue weighted by Gasteiger charge is 2.44. The van der Waals surface area contributed by atoms with E-state index in [1.807, 2.05) is 6.08 Å². The van der Waals surface area contributed by atoms with Crippen molar-refractivity contribution in [3.8, 4) is 0 Å². The summed E-state index contributed by atoms with van der Waals surface area (Å²) in [5.41, 5.74) is 0. The topological polar surface area (TPSA) is 175 Å². The summed E-state index contributed by atoms with van der Waals surface area (Å²) in [5.74, 6) is -0.190. The van der Waals surface area contributed by atoms with Gasteiger partial charge in [0.1, 0.15) is 24.4 Å². The van der Waals surface area contributed by atoms with Crippen LogP contribution in [-0.2, 0) is 23.8 Å². The predicted octanol–water partition coefficient (Wildman–Crippen LogP) is 17.6. The molecule has 0 aromatic heterocycles. The first-order chi connectivity index (χ1) is 40.2. The highest BCUT2D eigenvalue weighted by Crippen LogP contribution is 2.23. The van der Waals surface area contributed by atoms with Crippen LogP contribution in [0.4, 0.5) is 0 Å². The van der Waals surface area contributed by atoms with Crippen LogP contribution >= 0.6 is 0 Å². The van der Waals surface area contributed by atoms with Crippen LogP contribution in [-0.4, -0.2) is 100 Å². The number of aliphatic hydroxyl groups is 5. The lowest BCUT2D eigenvalue weighted by Gasteiger charge is -2.40. The molecule has 1 aliphatic heterocycles. The average Bonchev–Trinajstić information content (AvgIpc) is 3.49. The Morgan fingerprint density at radius 1 is 0.439 bits per heavy atom. The molecule has 480 valence electrons. The number of rotatable bonds is 61. The third-order valence-corrected chi connectivity index (χ3v) is 16.4. The molecule has 1 rings (SSSR count). The summed E-state index contributed by atoms with van der Waals surface area (Å²) in [5, 5.41) is 54.2. The third-order valence-electron chi connectivity index (χ3n) is 16.4. The fraction of sp³-hybridized carbons (Fsp3) is 0.859. The summed E-state index contributed by atoms with van der Waals surface area (Å²) >= 11 is 0. The minimum absolute atomic E-state index is 0.000958. The Hall–Kier alpha value is -2.38. The number of nitrogens with one attached hydrogen (secondary N) is 1. The number of hydrogen-bond acceptors (Lipinski definition) is 10. The first-order valence-corrected chi connectivity index (χ1v) is 34.9. The first-order valence-electron chi connectivity index (χ1n) is 34.9. The molecule has 82 heavy (non-hydrogen) atoms. The van der Waals surface area contributed by atoms with Gasteiger partial charge >= 0.3 is 5.97 Å². The first kappa shape index (κ1) is 77.6. The number of carbonyl (C=O) groups excluding carboxylic acids is 2. The van der Waals surface area contributed by atoms with E-state index in [1.54, 1.807) is 6.08 Å². The maximum absolute atomic E-state index is 13.0. The number of carbonyl (C=O) groups is 2. The quantitative estimate of drug-likeness (QED) is 0.0195. The Labute approximate surface area is 504 Å². The number of hydrogen-bond donors (Lipinski definition) is 6. The van der Waals surface area contributed by atoms with Crippen LogP contribution in [0.1, 0.15) is 328 Å². The van der Waals surface area contributed by atoms with E-state index in [9.17, 15) is 35.1 Å². The molecule has 0 radical (unpaired) electrons. The zero-order valence-electron chi connectivity index (χ0n) is 53.2. The zero-order valence-corrected chi connectivity index (χ0v) is 53.2. The molecule has 7 atom stereocenters. The highest BCUT2D eigenvalue weighted by atomic mass is 16.7. The summed E-state index contributed by atoms with van der Waals surface area (Å²) in [6.07, 6.45) is 68.4. The van der Waals surface area contributed by atoms with Gasteiger partial charge in [-0.05, 0) is 96.3 Å². The second-order valence-corrected chi connectivity index (χ2v) is 24.2. The Bertz CT molecular complexity index is 1500. The molecule has 0 bridgehead atoms. The molecular weight excluding hydrogens is 1030 g/mol. The van der Waals surface area contributed by atoms with E-state index in [4.69, 9.17) is 14.2 Å². The molecule has 6 N–H and O–H groups in total. The Morgan fingerprint density at radius 2 is 0.793 bits per heavy atom. The fourth-order valence-electron chi connectivity index (χ4n) is 10.9. The van der Waals surface area contributed by atoms with Gasteiger partial charge in [0, 0.05) is 12.8 Å². The van der Waals surface area contributed by atoms with Crippen LogP contribution in [0.2, 0.25) is 0 Å². The van der Waals surface area contributed by atoms with Crippen LogP contribution in [0, 0.1) is 0 Å². The number of aliphatic hydroxyl groups excluding tert-OH is 5. The van der Waals surface area contributed by atoms with Crippen molar-refractivity contribution in [3.05, 3.63) is 48.6 Å². The number of amides is 1. The summed E-state index contributed by atoms with van der Waals surface area (Å²) in [6.45, 7) is 4.28. The lowest BCUT2D eigenvalue weighted by molar-refractivity contribution is -0.302. The molecular formula is C71H131NO10. The van der Waals surface area contributed by atoms with Crippen molar-refractivity contribution < 1.29 is 49.3 Å². The Morgan fingerprint density at radius 3 is 1.23 bits per heavy atom. The van der Waals surface area contributed by atoms with Crippen molar-refractivity contribution in [3.63, 3.8) is 0 Å². The third kappa shape index (κ3) is 48.8. The van der Waals surface area contributed by atoms with Gasteiger partial charge in [-0.15, -0.1) is 0 Å². The van der Waals surface area contributed by atoms with Gasteiger partial charge in [0.2, 0.25) is 5.91 Å². The minimum atomic E-state index is -1.57. The monoisotopic (exact) mass is 1160 g/mol. The van der Waals surface area contributed by atoms with Crippen molar-refractivity contribution in [2.24, 2.45) is 0 Å². The van der Waals surface area contributed by atoms with Crippen molar-refractivity contribution in [2.75, 3.05) is 19.8 Å². The van der Waals surface area contributed by atoms with Gasteiger partial charge in [0.05, 0.1) is 32.0 Å². The highest BCUT2D eigenvalue weighted by molar-refractivity contribution is 5.76. The predicted molar refractivity (Wildman–Crippen MR) is 343 cm³/mol. The molecule has 0 aromatic rings. The van der Waals surface area contributed by atoms with Gasteiger partial charge in [-0.25, -0.2) is 0 Å². The van der Waals surface area contributed by atoms with Crippen LogP contribution in [0.3, 0.4) is 0 Å². The van der Waals surface area contributed by atoms with Gasteiger partial charge in [-0.3, -0.25) is 9.59 Å². The lowest BCUT2D eigenvalue weighted by atomic mass is 9.99. The van der Waals surface area contributed by atoms with E-state index in [2.05, 4.69) is 55.6 Å². The molecule has 1 fully saturated rings. The van der Waals surface area contributed by atoms with E-state index in [1.165, 1.54) is 244 Å². The Kier molecular flexibility index (Phi) is 57.1. The van der Waals surface area contributed by atoms with Crippen molar-refractivity contribution in [1.82, 2.24) is 5.32 Å². The molecule has 7 unspecified atom stereocenters. The maximum atomic E-state index is 13.0. The molecule has 1 saturated heterocycles. The van der Waals surface area contributed by atoms with Gasteiger partial charge in [0.25, 0.3) is 0 Å². The van der Waals surface area contributed by atoms with Crippen LogP contribution < -0.4 is 5.32 Å². The molecule has 11 heteroatoms. The van der Waals surface area contributed by atoms with Crippen molar-refractivity contribution >= 4 is 11.9 Å². The second kappa shape index (κ2) is 60.3. The largest absolute Gasteiger partial charge is 0.466 e. The molecule has 1 heterocycles. The minimum Gasteiger partial charge on any atom is -0.466 e. The smallest absolute Gasteiger partial charge is 0.305 e. The van der Waals surface area contributed by atoms with E-state index in [0.29, 0.717) is 19.4 Å². The van der Waals surface area contributed by atoms with Gasteiger partial charge < -0.3 is 45.1 Å². The molecule has 0 spiro atoms. The standard InChI is InChI=1S/C71H131NO10/c1-3-5-7-9-11-13-14-35-39-43-47-51-55-59-67(76)80-60-56-52-48-44-40-37-34-32-30-28-26-24-22-20-18-16-15-17-19-21-23-25-27-29-31-33-36-38-42-46-50-54-58-66(75)72-63(64(74)57-53-49-45-41-12-10-8-6-4-2)62-81-71-70(79)69(78)68(77)65(61-73)82-71/h12-14,18,20,41,53,57,63-65,68-71,73-74,77-79H,3-11,15-17,19,21-40,42-52,54-56,58-62H2,1-2H3,(H,72,75)/b14-13-,20-18-,41-12+,57-53+. The van der Waals surface area contributed by atoms with E-state index >= 15 is 0 Å². The van der Waals surface area contributed by atoms with Crippen LogP contribution in [0.5, 0.6) is 0 Å². The van der Waals surface area contributed by atoms with E-state index in [0.717, 1.165) is 57.8 Å². The van der Waals surface area contributed by atoms with Gasteiger partial charge in [0.15, 0.2) is 6.29 Å². The fourth-order valence-corrected chi connectivity index (χ4v) is 10.9. The molecule has 11 nitrogen and oxygen atoms in total. The molecule has 1 aliphatic rings. The number of esters is 1. The van der Waals surface area contributed by atoms with E-state index in [-0.39, 0.29) is 18.5 Å². The number of unbranched alkanes of at least 4 members (excludes halogenated alkanes) is 41. The van der Waals surface area contributed by atoms with Crippen LogP contribution in [0.15, 0.2) is 48.6 Å². The SMILES string of the molecule is CCCCC/C=C/CC/C=C/C(O)C(COC1OC(CO)C(O)C(O)C1O)NC(=O)CCCCCCCCCCCCCCCCCC/C=C\CCCCCCCCCCCCCCOC(=O)CCCCCCC/C=C\CCCCCC. The molecule has 0 aromatic carbocycles. The summed E-state index contributed by atoms with van der Waals surface area (Å²) < 4.78 is 16.7. The van der Waals surface area contributed by atoms with Crippen LogP contribution in [0.25, 0.3) is 0 Å². The second-order valence-electron chi connectivity index (χ2n) is 24.2. The number of allylic oxidation sites excluding steroid dienone is 7. The van der Waals surface area contributed by atoms with Gasteiger partial charge in [-0.2, -0.15) is 0 Å². The Balaban J connectivity index is 1.91. The molecule has 1 amide bonds. The summed E-state index contributed by atoms with van der Waals surface area (Å²) in [6, 6.07) is -0.824.